The van der Waals surface area contributed by atoms with Crippen molar-refractivity contribution in [2.75, 3.05) is 11.9 Å². The Kier molecular flexibility index (Phi) is 10.7. The normalized spacial score (nSPS) is 16.8. The first-order valence-electron chi connectivity index (χ1n) is 17.9. The Morgan fingerprint density at radius 3 is 2.28 bits per heavy atom. The molecule has 5 aromatic rings. The van der Waals surface area contributed by atoms with Gasteiger partial charge in [-0.15, -0.1) is 0 Å². The summed E-state index contributed by atoms with van der Waals surface area (Å²) >= 11 is 0. The first-order valence-corrected chi connectivity index (χ1v) is 17.9. The fourth-order valence-electron chi connectivity index (χ4n) is 6.66. The number of anilines is 1. The van der Waals surface area contributed by atoms with Crippen molar-refractivity contribution in [1.82, 2.24) is 30.6 Å². The zero-order valence-electron chi connectivity index (χ0n) is 30.4. The molecule has 14 heteroatoms. The molecule has 3 aromatic carbocycles. The molecule has 53 heavy (non-hydrogen) atoms. The average Bonchev–Trinajstić information content (AvgIpc) is 3.71. The molecule has 1 fully saturated rings. The van der Waals surface area contributed by atoms with E-state index in [1.165, 1.54) is 6.07 Å². The van der Waals surface area contributed by atoms with Crippen LogP contribution >= 0.6 is 0 Å². The van der Waals surface area contributed by atoms with Crippen molar-refractivity contribution in [2.45, 2.75) is 84.3 Å². The molecule has 0 bridgehead atoms. The van der Waals surface area contributed by atoms with E-state index >= 15 is 8.78 Å². The maximum Gasteiger partial charge on any atom is 0.407 e. The lowest BCUT2D eigenvalue weighted by Gasteiger charge is -2.29. The molecule has 0 spiro atoms. The van der Waals surface area contributed by atoms with Gasteiger partial charge in [-0.3, -0.25) is 9.59 Å². The van der Waals surface area contributed by atoms with Crippen LogP contribution in [0.3, 0.4) is 0 Å². The highest BCUT2D eigenvalue weighted by Crippen LogP contribution is 2.32. The van der Waals surface area contributed by atoms with Gasteiger partial charge in [0.15, 0.2) is 11.6 Å². The lowest BCUT2D eigenvalue weighted by Crippen LogP contribution is -2.48. The van der Waals surface area contributed by atoms with Crippen molar-refractivity contribution in [1.29, 1.82) is 0 Å². The van der Waals surface area contributed by atoms with Crippen LogP contribution in [-0.4, -0.2) is 56.0 Å². The number of benzene rings is 3. The fraction of sp³-hybridized carbons (Fsp3) is 0.410. The molecule has 2 aromatic heterocycles. The summed E-state index contributed by atoms with van der Waals surface area (Å²) in [7, 11) is 0. The van der Waals surface area contributed by atoms with Crippen molar-refractivity contribution in [2.24, 2.45) is 11.8 Å². The number of rotatable bonds is 10. The third-order valence-electron chi connectivity index (χ3n) is 9.50. The minimum absolute atomic E-state index is 0.00180. The van der Waals surface area contributed by atoms with Gasteiger partial charge in [-0.05, 0) is 87.8 Å². The maximum absolute atomic E-state index is 15.3. The smallest absolute Gasteiger partial charge is 0.407 e. The van der Waals surface area contributed by atoms with E-state index < -0.39 is 35.3 Å². The average molecular weight is 730 g/mol. The van der Waals surface area contributed by atoms with Crippen LogP contribution in [0.15, 0.2) is 53.3 Å². The second-order valence-corrected chi connectivity index (χ2v) is 15.1. The van der Waals surface area contributed by atoms with Crippen LogP contribution in [0.2, 0.25) is 0 Å². The van der Waals surface area contributed by atoms with E-state index in [1.807, 2.05) is 13.8 Å². The van der Waals surface area contributed by atoms with Crippen LogP contribution in [0.4, 0.5) is 19.3 Å². The van der Waals surface area contributed by atoms with E-state index in [0.29, 0.717) is 58.6 Å². The summed E-state index contributed by atoms with van der Waals surface area (Å²) in [5.41, 5.74) is 2.08. The third kappa shape index (κ3) is 8.93. The Balaban J connectivity index is 1.16. The van der Waals surface area contributed by atoms with Gasteiger partial charge >= 0.3 is 11.8 Å². The molecule has 1 aliphatic carbocycles. The number of aromatic amines is 3. The van der Waals surface area contributed by atoms with Gasteiger partial charge in [-0.2, -0.15) is 0 Å². The number of aromatic nitrogens is 4. The number of nitrogens with one attached hydrogen (secondary N) is 6. The number of amides is 3. The molecular formula is C39H45F2N7O5. The van der Waals surface area contributed by atoms with E-state index in [4.69, 9.17) is 4.74 Å². The Hall–Kier alpha value is -5.53. The maximum atomic E-state index is 15.3. The van der Waals surface area contributed by atoms with E-state index in [-0.39, 0.29) is 46.9 Å². The van der Waals surface area contributed by atoms with Gasteiger partial charge in [-0.25, -0.2) is 23.4 Å². The van der Waals surface area contributed by atoms with E-state index in [2.05, 4.69) is 35.9 Å². The van der Waals surface area contributed by atoms with Crippen molar-refractivity contribution in [3.05, 3.63) is 82.0 Å². The number of carbonyl (C=O) groups is 3. The van der Waals surface area contributed by atoms with Crippen molar-refractivity contribution >= 4 is 45.7 Å². The second-order valence-electron chi connectivity index (χ2n) is 15.1. The van der Waals surface area contributed by atoms with Crippen molar-refractivity contribution in [3.63, 3.8) is 0 Å². The van der Waals surface area contributed by atoms with Crippen LogP contribution in [0.5, 0.6) is 0 Å². The molecule has 0 saturated heterocycles. The minimum atomic E-state index is -1.03. The number of halogens is 2. The van der Waals surface area contributed by atoms with Gasteiger partial charge in [0.25, 0.3) is 0 Å². The largest absolute Gasteiger partial charge is 0.444 e. The predicted octanol–water partition coefficient (Wildman–Crippen LogP) is 6.80. The quantitative estimate of drug-likeness (QED) is 0.0923. The summed E-state index contributed by atoms with van der Waals surface area (Å²) in [6.45, 7) is 9.67. The summed E-state index contributed by atoms with van der Waals surface area (Å²) < 4.78 is 35.6. The van der Waals surface area contributed by atoms with Gasteiger partial charge in [0, 0.05) is 36.1 Å². The zero-order valence-corrected chi connectivity index (χ0v) is 30.4. The standard InChI is InChI=1S/C39H45F2N7O5/c1-20(2)34-44-29-18-26(31(40)32(41)33(29)48-34)23-10-6-21(7-11-23)16-30(36(50)43-25-14-15-27-28(17-25)47-37(51)46-27)45-35(49)24-12-8-22(9-13-24)19-42-38(52)53-39(3,4)5/h6-7,10-11,14-15,17-18,20,22,24,30H,8-9,12-13,16,19H2,1-5H3,(H,42,52)(H,43,50)(H,44,48)(H,45,49)(H2,46,47,51)/t22?,24?,30-/m0/s1. The number of imidazole rings is 2. The molecule has 1 aliphatic rings. The molecule has 280 valence electrons. The molecule has 0 radical (unpaired) electrons. The number of fused-ring (bicyclic) bond motifs is 2. The van der Waals surface area contributed by atoms with Crippen molar-refractivity contribution in [3.8, 4) is 11.1 Å². The molecule has 2 heterocycles. The molecule has 1 atom stereocenters. The molecule has 12 nitrogen and oxygen atoms in total. The zero-order chi connectivity index (χ0) is 38.0. The third-order valence-corrected chi connectivity index (χ3v) is 9.50. The summed E-state index contributed by atoms with van der Waals surface area (Å²) in [6, 6.07) is 12.2. The summed E-state index contributed by atoms with van der Waals surface area (Å²) in [4.78, 5) is 63.9. The number of H-pyrrole nitrogens is 3. The van der Waals surface area contributed by atoms with E-state index in [9.17, 15) is 19.2 Å². The Morgan fingerprint density at radius 2 is 1.60 bits per heavy atom. The molecule has 0 aliphatic heterocycles. The first kappa shape index (κ1) is 37.2. The highest BCUT2D eigenvalue weighted by Gasteiger charge is 2.30. The number of hydrogen-bond acceptors (Lipinski definition) is 6. The van der Waals surface area contributed by atoms with Crippen LogP contribution < -0.4 is 21.6 Å². The van der Waals surface area contributed by atoms with Crippen molar-refractivity contribution < 1.29 is 27.9 Å². The summed E-state index contributed by atoms with van der Waals surface area (Å²) in [5.74, 6) is -2.32. The van der Waals surface area contributed by atoms with Gasteiger partial charge < -0.3 is 35.6 Å². The van der Waals surface area contributed by atoms with E-state index in [1.54, 1.807) is 63.2 Å². The van der Waals surface area contributed by atoms with Crippen LogP contribution in [-0.2, 0) is 20.7 Å². The summed E-state index contributed by atoms with van der Waals surface area (Å²) in [6.07, 6.45) is 2.27. The molecule has 0 unspecified atom stereocenters. The number of alkyl carbamates (subject to hydrolysis) is 1. The Labute approximate surface area is 304 Å². The second kappa shape index (κ2) is 15.2. The Bertz CT molecular complexity index is 2190. The predicted molar refractivity (Wildman–Crippen MR) is 198 cm³/mol. The van der Waals surface area contributed by atoms with E-state index in [0.717, 1.165) is 12.8 Å². The molecule has 3 amide bonds. The molecule has 6 rings (SSSR count). The van der Waals surface area contributed by atoms with Gasteiger partial charge in [0.2, 0.25) is 11.8 Å². The number of hydrogen-bond donors (Lipinski definition) is 6. The molecule has 6 N–H and O–H groups in total. The van der Waals surface area contributed by atoms with Gasteiger partial charge in [0.1, 0.15) is 23.0 Å². The SMILES string of the molecule is CC(C)c1nc2c(F)c(F)c(-c3ccc(C[C@H](NC(=O)C4CCC(CNC(=O)OC(C)(C)C)CC4)C(=O)Nc4ccc5[nH]c(=O)[nH]c5c4)cc3)cc2[nH]1. The van der Waals surface area contributed by atoms with Gasteiger partial charge in [0.05, 0.1) is 16.6 Å². The highest BCUT2D eigenvalue weighted by atomic mass is 19.2. The topological polar surface area (TPSA) is 174 Å². The first-order chi connectivity index (χ1) is 25.1. The molecule has 1 saturated carbocycles. The minimum Gasteiger partial charge on any atom is -0.444 e. The monoisotopic (exact) mass is 729 g/mol. The highest BCUT2D eigenvalue weighted by molar-refractivity contribution is 5.99. The lowest BCUT2D eigenvalue weighted by molar-refractivity contribution is -0.130. The van der Waals surface area contributed by atoms with Gasteiger partial charge in [-0.1, -0.05) is 38.1 Å². The van der Waals surface area contributed by atoms with Crippen LogP contribution in [0.25, 0.3) is 33.2 Å². The number of ether oxygens (including phenoxy) is 1. The number of nitrogens with zero attached hydrogens (tertiary/aromatic N) is 1. The number of carbonyl (C=O) groups excluding carboxylic acids is 3. The van der Waals surface area contributed by atoms with Crippen LogP contribution in [0.1, 0.15) is 77.6 Å². The lowest BCUT2D eigenvalue weighted by atomic mass is 9.81. The molecular weight excluding hydrogens is 684 g/mol. The van der Waals surface area contributed by atoms with Crippen LogP contribution in [0, 0.1) is 23.5 Å². The fourth-order valence-corrected chi connectivity index (χ4v) is 6.66. The summed E-state index contributed by atoms with van der Waals surface area (Å²) in [5, 5.41) is 8.63. The Morgan fingerprint density at radius 1 is 0.906 bits per heavy atom.